The van der Waals surface area contributed by atoms with Crippen LogP contribution in [0.15, 0.2) is 18.2 Å². The Bertz CT molecular complexity index is 534. The fourth-order valence-electron chi connectivity index (χ4n) is 2.37. The number of benzene rings is 1. The van der Waals surface area contributed by atoms with Gasteiger partial charge in [0.1, 0.15) is 10.6 Å². The number of carbonyl (C=O) groups is 1. The van der Waals surface area contributed by atoms with Crippen molar-refractivity contribution in [2.75, 3.05) is 13.2 Å². The standard InChI is InChI=1S/C15H21ClN2O4/c1-10(2)8-11(6-7-19)9-17-15(20)12-4-3-5-13(16)14(12)18(21)22/h3-5,10-11,19H,6-9H2,1-2H3,(H,17,20). The minimum atomic E-state index is -0.656. The Morgan fingerprint density at radius 1 is 1.45 bits per heavy atom. The number of rotatable bonds is 8. The zero-order valence-electron chi connectivity index (χ0n) is 12.7. The maximum absolute atomic E-state index is 12.2. The molecule has 1 rings (SSSR count). The lowest BCUT2D eigenvalue weighted by Crippen LogP contribution is -2.31. The quantitative estimate of drug-likeness (QED) is 0.566. The van der Waals surface area contributed by atoms with Gasteiger partial charge in [-0.1, -0.05) is 31.5 Å². The van der Waals surface area contributed by atoms with Crippen LogP contribution in [0.5, 0.6) is 0 Å². The number of nitro benzene ring substituents is 1. The van der Waals surface area contributed by atoms with Gasteiger partial charge in [-0.15, -0.1) is 0 Å². The van der Waals surface area contributed by atoms with E-state index >= 15 is 0 Å². The van der Waals surface area contributed by atoms with E-state index in [-0.39, 0.29) is 28.8 Å². The van der Waals surface area contributed by atoms with Crippen LogP contribution >= 0.6 is 11.6 Å². The summed E-state index contributed by atoms with van der Waals surface area (Å²) in [6.45, 7) is 4.54. The molecule has 0 aliphatic carbocycles. The number of halogens is 1. The van der Waals surface area contributed by atoms with Crippen LogP contribution in [0.1, 0.15) is 37.0 Å². The molecule has 1 aromatic carbocycles. The van der Waals surface area contributed by atoms with Crippen molar-refractivity contribution < 1.29 is 14.8 Å². The molecule has 1 atom stereocenters. The summed E-state index contributed by atoms with van der Waals surface area (Å²) in [4.78, 5) is 22.6. The fraction of sp³-hybridized carbons (Fsp3) is 0.533. The molecule has 0 fully saturated rings. The molecule has 0 aliphatic heterocycles. The maximum Gasteiger partial charge on any atom is 0.300 e. The molecule has 2 N–H and O–H groups in total. The third kappa shape index (κ3) is 5.27. The Morgan fingerprint density at radius 2 is 2.14 bits per heavy atom. The summed E-state index contributed by atoms with van der Waals surface area (Å²) in [6, 6.07) is 4.26. The first-order chi connectivity index (χ1) is 10.4. The zero-order chi connectivity index (χ0) is 16.7. The van der Waals surface area contributed by atoms with E-state index < -0.39 is 10.8 Å². The van der Waals surface area contributed by atoms with Gasteiger partial charge in [0.15, 0.2) is 0 Å². The number of nitro groups is 1. The summed E-state index contributed by atoms with van der Waals surface area (Å²) >= 11 is 5.80. The summed E-state index contributed by atoms with van der Waals surface area (Å²) in [5, 5.41) is 22.7. The van der Waals surface area contributed by atoms with Crippen molar-refractivity contribution in [3.63, 3.8) is 0 Å². The van der Waals surface area contributed by atoms with Crippen LogP contribution in [0.25, 0.3) is 0 Å². The van der Waals surface area contributed by atoms with E-state index in [2.05, 4.69) is 19.2 Å². The van der Waals surface area contributed by atoms with E-state index in [0.717, 1.165) is 6.42 Å². The molecule has 0 aliphatic rings. The van der Waals surface area contributed by atoms with E-state index in [1.807, 2.05) is 0 Å². The van der Waals surface area contributed by atoms with Crippen LogP contribution in [0.3, 0.4) is 0 Å². The highest BCUT2D eigenvalue weighted by Gasteiger charge is 2.24. The van der Waals surface area contributed by atoms with Gasteiger partial charge in [0.05, 0.1) is 4.92 Å². The normalized spacial score (nSPS) is 12.2. The number of hydrogen-bond donors (Lipinski definition) is 2. The third-order valence-corrected chi connectivity index (χ3v) is 3.61. The Balaban J connectivity index is 2.81. The second kappa shape index (κ2) is 8.70. The number of aliphatic hydroxyl groups excluding tert-OH is 1. The van der Waals surface area contributed by atoms with Gasteiger partial charge < -0.3 is 10.4 Å². The SMILES string of the molecule is CC(C)CC(CCO)CNC(=O)c1cccc(Cl)c1[N+](=O)[O-]. The van der Waals surface area contributed by atoms with Crippen LogP contribution < -0.4 is 5.32 Å². The number of para-hydroxylation sites is 1. The Labute approximate surface area is 134 Å². The first-order valence-corrected chi connectivity index (χ1v) is 7.56. The molecule has 0 aromatic heterocycles. The third-order valence-electron chi connectivity index (χ3n) is 3.31. The molecule has 1 unspecified atom stereocenters. The molecule has 0 saturated carbocycles. The van der Waals surface area contributed by atoms with E-state index in [9.17, 15) is 14.9 Å². The molecule has 0 bridgehead atoms. The van der Waals surface area contributed by atoms with Gasteiger partial charge >= 0.3 is 5.69 Å². The Morgan fingerprint density at radius 3 is 2.68 bits per heavy atom. The number of amides is 1. The predicted molar refractivity (Wildman–Crippen MR) is 85.1 cm³/mol. The van der Waals surface area contributed by atoms with Crippen LogP contribution in [0, 0.1) is 22.0 Å². The van der Waals surface area contributed by atoms with E-state index in [4.69, 9.17) is 16.7 Å². The molecule has 0 saturated heterocycles. The van der Waals surface area contributed by atoms with Crippen LogP contribution in [-0.4, -0.2) is 29.1 Å². The highest BCUT2D eigenvalue weighted by atomic mass is 35.5. The lowest BCUT2D eigenvalue weighted by Gasteiger charge is -2.18. The van der Waals surface area contributed by atoms with Gasteiger partial charge in [-0.25, -0.2) is 0 Å². The lowest BCUT2D eigenvalue weighted by molar-refractivity contribution is -0.385. The molecule has 6 nitrogen and oxygen atoms in total. The summed E-state index contributed by atoms with van der Waals surface area (Å²) < 4.78 is 0. The molecular weight excluding hydrogens is 308 g/mol. The predicted octanol–water partition coefficient (Wildman–Crippen LogP) is 3.02. The lowest BCUT2D eigenvalue weighted by atomic mass is 9.94. The smallest absolute Gasteiger partial charge is 0.300 e. The van der Waals surface area contributed by atoms with Crippen LogP contribution in [0.4, 0.5) is 5.69 Å². The molecule has 0 radical (unpaired) electrons. The van der Waals surface area contributed by atoms with Gasteiger partial charge in [-0.05, 0) is 36.8 Å². The van der Waals surface area contributed by atoms with Gasteiger partial charge in [0.25, 0.3) is 5.91 Å². The molecule has 0 heterocycles. The van der Waals surface area contributed by atoms with Crippen molar-refractivity contribution in [2.24, 2.45) is 11.8 Å². The minimum Gasteiger partial charge on any atom is -0.396 e. The number of aliphatic hydroxyl groups is 1. The second-order valence-corrected chi connectivity index (χ2v) is 6.02. The molecule has 22 heavy (non-hydrogen) atoms. The van der Waals surface area contributed by atoms with E-state index in [1.54, 1.807) is 0 Å². The van der Waals surface area contributed by atoms with Crippen molar-refractivity contribution in [3.8, 4) is 0 Å². The second-order valence-electron chi connectivity index (χ2n) is 5.61. The van der Waals surface area contributed by atoms with Crippen LogP contribution in [-0.2, 0) is 0 Å². The van der Waals surface area contributed by atoms with Crippen LogP contribution in [0.2, 0.25) is 5.02 Å². The van der Waals surface area contributed by atoms with Crippen molar-refractivity contribution >= 4 is 23.2 Å². The van der Waals surface area contributed by atoms with Gasteiger partial charge in [0.2, 0.25) is 0 Å². The minimum absolute atomic E-state index is 0.0462. The average molecular weight is 329 g/mol. The Kier molecular flexibility index (Phi) is 7.27. The molecule has 122 valence electrons. The van der Waals surface area contributed by atoms with Gasteiger partial charge in [-0.3, -0.25) is 14.9 Å². The van der Waals surface area contributed by atoms with Gasteiger partial charge in [-0.2, -0.15) is 0 Å². The topological polar surface area (TPSA) is 92.5 Å². The molecule has 1 amide bonds. The summed E-state index contributed by atoms with van der Waals surface area (Å²) in [5.74, 6) is 0.0436. The largest absolute Gasteiger partial charge is 0.396 e. The average Bonchev–Trinajstić information content (AvgIpc) is 2.43. The van der Waals surface area contributed by atoms with E-state index in [1.165, 1.54) is 18.2 Å². The highest BCUT2D eigenvalue weighted by Crippen LogP contribution is 2.28. The summed E-state index contributed by atoms with van der Waals surface area (Å²) in [6.07, 6.45) is 1.44. The van der Waals surface area contributed by atoms with Crippen molar-refractivity contribution in [2.45, 2.75) is 26.7 Å². The van der Waals surface area contributed by atoms with Crippen molar-refractivity contribution in [1.82, 2.24) is 5.32 Å². The highest BCUT2D eigenvalue weighted by molar-refractivity contribution is 6.33. The summed E-state index contributed by atoms with van der Waals surface area (Å²) in [7, 11) is 0. The zero-order valence-corrected chi connectivity index (χ0v) is 13.5. The number of carbonyl (C=O) groups excluding carboxylic acids is 1. The Hall–Kier alpha value is -1.66. The van der Waals surface area contributed by atoms with Crippen molar-refractivity contribution in [3.05, 3.63) is 38.9 Å². The first-order valence-electron chi connectivity index (χ1n) is 7.18. The van der Waals surface area contributed by atoms with Crippen molar-refractivity contribution in [1.29, 1.82) is 0 Å². The first kappa shape index (κ1) is 18.4. The molecule has 7 heteroatoms. The molecular formula is C15H21ClN2O4. The number of nitrogens with zero attached hydrogens (tertiary/aromatic N) is 1. The monoisotopic (exact) mass is 328 g/mol. The number of nitrogens with one attached hydrogen (secondary N) is 1. The summed E-state index contributed by atoms with van der Waals surface area (Å²) in [5.41, 5.74) is -0.436. The van der Waals surface area contributed by atoms with E-state index in [0.29, 0.717) is 18.9 Å². The maximum atomic E-state index is 12.2. The molecule has 1 aromatic rings. The fourth-order valence-corrected chi connectivity index (χ4v) is 2.61. The molecule has 0 spiro atoms. The number of hydrogen-bond acceptors (Lipinski definition) is 4. The van der Waals surface area contributed by atoms with Gasteiger partial charge in [0, 0.05) is 13.2 Å².